The van der Waals surface area contributed by atoms with Crippen molar-refractivity contribution < 1.29 is 14.7 Å². The van der Waals surface area contributed by atoms with Crippen molar-refractivity contribution in [2.24, 2.45) is 5.92 Å². The molecule has 2 aliphatic rings. The van der Waals surface area contributed by atoms with E-state index in [9.17, 15) is 4.79 Å². The molecular formula is C10H17NO3. The Kier molecular flexibility index (Phi) is 2.49. The lowest BCUT2D eigenvalue weighted by Gasteiger charge is -2.23. The van der Waals surface area contributed by atoms with Crippen molar-refractivity contribution in [2.45, 2.75) is 38.2 Å². The van der Waals surface area contributed by atoms with Crippen LogP contribution in [0.4, 0.5) is 0 Å². The van der Waals surface area contributed by atoms with Crippen LogP contribution in [0.1, 0.15) is 32.6 Å². The molecule has 0 radical (unpaired) electrons. The van der Waals surface area contributed by atoms with Gasteiger partial charge in [0, 0.05) is 6.61 Å². The number of aliphatic hydroxyl groups is 1. The maximum atomic E-state index is 11.5. The van der Waals surface area contributed by atoms with Crippen molar-refractivity contribution in [3.05, 3.63) is 0 Å². The summed E-state index contributed by atoms with van der Waals surface area (Å²) in [7, 11) is 0. The second-order valence-corrected chi connectivity index (χ2v) is 4.43. The zero-order valence-electron chi connectivity index (χ0n) is 8.53. The third kappa shape index (κ3) is 1.77. The van der Waals surface area contributed by atoms with Crippen molar-refractivity contribution >= 4 is 5.91 Å². The summed E-state index contributed by atoms with van der Waals surface area (Å²) >= 11 is 0. The van der Waals surface area contributed by atoms with E-state index in [-0.39, 0.29) is 18.1 Å². The van der Waals surface area contributed by atoms with E-state index in [1.54, 1.807) is 0 Å². The first kappa shape index (κ1) is 9.93. The normalized spacial score (nSPS) is 32.7. The Bertz CT molecular complexity index is 240. The van der Waals surface area contributed by atoms with E-state index < -0.39 is 0 Å². The van der Waals surface area contributed by atoms with E-state index in [0.29, 0.717) is 25.3 Å². The summed E-state index contributed by atoms with van der Waals surface area (Å²) in [6, 6.07) is 0. The molecule has 14 heavy (non-hydrogen) atoms. The lowest BCUT2D eigenvalue weighted by atomic mass is 9.97. The van der Waals surface area contributed by atoms with Gasteiger partial charge in [0.1, 0.15) is 5.60 Å². The molecule has 0 aromatic rings. The average Bonchev–Trinajstić information content (AvgIpc) is 2.92. The zero-order chi connectivity index (χ0) is 10.2. The standard InChI is InChI=1S/C10H17NO3/c1-10(8-3-4-8)7-9(13)11(14-10)5-2-6-12/h8,12H,2-7H2,1H3. The second kappa shape index (κ2) is 3.51. The highest BCUT2D eigenvalue weighted by molar-refractivity contribution is 5.78. The van der Waals surface area contributed by atoms with Crippen molar-refractivity contribution in [3.63, 3.8) is 0 Å². The number of carbonyl (C=O) groups excluding carboxylic acids is 1. The monoisotopic (exact) mass is 199 g/mol. The van der Waals surface area contributed by atoms with Gasteiger partial charge in [0.15, 0.2) is 0 Å². The lowest BCUT2D eigenvalue weighted by molar-refractivity contribution is -0.201. The van der Waals surface area contributed by atoms with Gasteiger partial charge < -0.3 is 5.11 Å². The molecule has 1 saturated carbocycles. The Morgan fingerprint density at radius 2 is 2.36 bits per heavy atom. The SMILES string of the molecule is CC1(C2CC2)CC(=O)N(CCCO)O1. The van der Waals surface area contributed by atoms with Gasteiger partial charge >= 0.3 is 0 Å². The summed E-state index contributed by atoms with van der Waals surface area (Å²) < 4.78 is 0. The molecule has 2 rings (SSSR count). The van der Waals surface area contributed by atoms with Gasteiger partial charge in [0.05, 0.1) is 13.0 Å². The Morgan fingerprint density at radius 1 is 1.64 bits per heavy atom. The zero-order valence-corrected chi connectivity index (χ0v) is 8.53. The van der Waals surface area contributed by atoms with Crippen LogP contribution in [0.2, 0.25) is 0 Å². The summed E-state index contributed by atoms with van der Waals surface area (Å²) in [5.74, 6) is 0.624. The molecule has 4 nitrogen and oxygen atoms in total. The molecule has 1 heterocycles. The third-order valence-corrected chi connectivity index (χ3v) is 3.06. The quantitative estimate of drug-likeness (QED) is 0.725. The van der Waals surface area contributed by atoms with Gasteiger partial charge in [-0.2, -0.15) is 0 Å². The summed E-state index contributed by atoms with van der Waals surface area (Å²) in [5.41, 5.74) is -0.257. The maximum absolute atomic E-state index is 11.5. The minimum Gasteiger partial charge on any atom is -0.396 e. The Morgan fingerprint density at radius 3 is 2.93 bits per heavy atom. The van der Waals surface area contributed by atoms with Crippen LogP contribution in [0.5, 0.6) is 0 Å². The number of hydrogen-bond donors (Lipinski definition) is 1. The fraction of sp³-hybridized carbons (Fsp3) is 0.900. The predicted molar refractivity (Wildman–Crippen MR) is 50.2 cm³/mol. The van der Waals surface area contributed by atoms with E-state index in [2.05, 4.69) is 0 Å². The van der Waals surface area contributed by atoms with E-state index >= 15 is 0 Å². The van der Waals surface area contributed by atoms with Crippen LogP contribution < -0.4 is 0 Å². The fourth-order valence-electron chi connectivity index (χ4n) is 2.02. The van der Waals surface area contributed by atoms with E-state index in [0.717, 1.165) is 0 Å². The van der Waals surface area contributed by atoms with Crippen LogP contribution in [-0.2, 0) is 9.63 Å². The minimum atomic E-state index is -0.257. The molecule has 4 heteroatoms. The van der Waals surface area contributed by atoms with Gasteiger partial charge in [0.25, 0.3) is 0 Å². The minimum absolute atomic E-state index is 0.0628. The summed E-state index contributed by atoms with van der Waals surface area (Å²) in [6.45, 7) is 2.63. The van der Waals surface area contributed by atoms with E-state index in [1.165, 1.54) is 17.9 Å². The van der Waals surface area contributed by atoms with Crippen LogP contribution in [-0.4, -0.2) is 34.8 Å². The molecule has 1 N–H and O–H groups in total. The van der Waals surface area contributed by atoms with Gasteiger partial charge in [-0.3, -0.25) is 9.63 Å². The molecule has 0 bridgehead atoms. The molecule has 1 aliphatic heterocycles. The summed E-state index contributed by atoms with van der Waals surface area (Å²) in [4.78, 5) is 17.2. The van der Waals surface area contributed by atoms with Crippen molar-refractivity contribution in [2.75, 3.05) is 13.2 Å². The number of hydrogen-bond acceptors (Lipinski definition) is 3. The largest absolute Gasteiger partial charge is 0.396 e. The van der Waals surface area contributed by atoms with Crippen molar-refractivity contribution in [3.8, 4) is 0 Å². The molecule has 1 aliphatic carbocycles. The predicted octanol–water partition coefficient (Wildman–Crippen LogP) is 0.701. The van der Waals surface area contributed by atoms with Crippen molar-refractivity contribution in [1.29, 1.82) is 0 Å². The highest BCUT2D eigenvalue weighted by Gasteiger charge is 2.50. The van der Waals surface area contributed by atoms with Crippen LogP contribution in [0, 0.1) is 5.92 Å². The number of nitrogens with zero attached hydrogens (tertiary/aromatic N) is 1. The van der Waals surface area contributed by atoms with Crippen molar-refractivity contribution in [1.82, 2.24) is 5.06 Å². The van der Waals surface area contributed by atoms with Gasteiger partial charge in [-0.15, -0.1) is 0 Å². The first-order chi connectivity index (χ1) is 6.65. The first-order valence-corrected chi connectivity index (χ1v) is 5.26. The highest BCUT2D eigenvalue weighted by atomic mass is 16.7. The number of amides is 1. The second-order valence-electron chi connectivity index (χ2n) is 4.43. The molecule has 1 saturated heterocycles. The molecule has 80 valence electrons. The van der Waals surface area contributed by atoms with Gasteiger partial charge in [-0.05, 0) is 32.1 Å². The Hall–Kier alpha value is -0.610. The number of rotatable bonds is 4. The molecular weight excluding hydrogens is 182 g/mol. The molecule has 2 fully saturated rings. The van der Waals surface area contributed by atoms with Gasteiger partial charge in [-0.25, -0.2) is 5.06 Å². The van der Waals surface area contributed by atoms with Crippen LogP contribution >= 0.6 is 0 Å². The first-order valence-electron chi connectivity index (χ1n) is 5.26. The summed E-state index contributed by atoms with van der Waals surface area (Å²) in [6.07, 6.45) is 3.45. The van der Waals surface area contributed by atoms with Gasteiger partial charge in [0.2, 0.25) is 5.91 Å². The van der Waals surface area contributed by atoms with E-state index in [1.807, 2.05) is 6.92 Å². The summed E-state index contributed by atoms with van der Waals surface area (Å²) in [5, 5.41) is 10.1. The Labute approximate surface area is 83.8 Å². The molecule has 0 aromatic heterocycles. The maximum Gasteiger partial charge on any atom is 0.249 e. The van der Waals surface area contributed by atoms with Crippen LogP contribution in [0.15, 0.2) is 0 Å². The fourth-order valence-corrected chi connectivity index (χ4v) is 2.02. The molecule has 1 amide bonds. The smallest absolute Gasteiger partial charge is 0.249 e. The average molecular weight is 199 g/mol. The Balaban J connectivity index is 1.92. The number of hydroxylamine groups is 2. The topological polar surface area (TPSA) is 49.8 Å². The molecule has 0 spiro atoms. The van der Waals surface area contributed by atoms with E-state index in [4.69, 9.17) is 9.94 Å². The number of carbonyl (C=O) groups is 1. The van der Waals surface area contributed by atoms with Crippen LogP contribution in [0.25, 0.3) is 0 Å². The van der Waals surface area contributed by atoms with Gasteiger partial charge in [-0.1, -0.05) is 0 Å². The molecule has 0 aromatic carbocycles. The third-order valence-electron chi connectivity index (χ3n) is 3.06. The molecule has 1 atom stereocenters. The number of aliphatic hydroxyl groups excluding tert-OH is 1. The molecule has 1 unspecified atom stereocenters. The lowest BCUT2D eigenvalue weighted by Crippen LogP contribution is -2.30. The van der Waals surface area contributed by atoms with Crippen LogP contribution in [0.3, 0.4) is 0 Å². The highest BCUT2D eigenvalue weighted by Crippen LogP contribution is 2.46.